The monoisotopic (exact) mass is 379 g/mol. The smallest absolute Gasteiger partial charge is 0.317 e. The van der Waals surface area contributed by atoms with Crippen molar-refractivity contribution in [1.82, 2.24) is 15.1 Å². The van der Waals surface area contributed by atoms with Crippen LogP contribution in [0.4, 0.5) is 9.18 Å². The van der Waals surface area contributed by atoms with Crippen LogP contribution in [0.25, 0.3) is 0 Å². The van der Waals surface area contributed by atoms with E-state index >= 15 is 0 Å². The number of carbonyl (C=O) groups excluding carboxylic acids is 1. The predicted molar refractivity (Wildman–Crippen MR) is 101 cm³/mol. The maximum Gasteiger partial charge on any atom is 0.317 e. The number of ether oxygens (including phenoxy) is 2. The minimum atomic E-state index is -0.339. The zero-order valence-corrected chi connectivity index (χ0v) is 16.0. The molecule has 7 heteroatoms. The van der Waals surface area contributed by atoms with Crippen LogP contribution >= 0.6 is 0 Å². The summed E-state index contributed by atoms with van der Waals surface area (Å²) in [6.45, 7) is 5.78. The molecule has 2 saturated heterocycles. The first kappa shape index (κ1) is 19.9. The summed E-state index contributed by atoms with van der Waals surface area (Å²) in [5, 5.41) is 3.07. The number of hydrogen-bond acceptors (Lipinski definition) is 4. The molecule has 27 heavy (non-hydrogen) atoms. The van der Waals surface area contributed by atoms with E-state index in [1.807, 2.05) is 4.90 Å². The Labute approximate surface area is 160 Å². The molecular weight excluding hydrogens is 349 g/mol. The second kappa shape index (κ2) is 9.90. The van der Waals surface area contributed by atoms with E-state index in [1.54, 1.807) is 25.3 Å². The number of piperidine rings is 1. The number of methoxy groups -OCH3 is 1. The number of para-hydroxylation sites is 1. The Kier molecular flexibility index (Phi) is 7.29. The number of nitrogens with zero attached hydrogens (tertiary/aromatic N) is 2. The van der Waals surface area contributed by atoms with Crippen molar-refractivity contribution in [3.8, 4) is 5.75 Å². The van der Waals surface area contributed by atoms with Crippen molar-refractivity contribution >= 4 is 6.03 Å². The minimum absolute atomic E-state index is 0.00492. The van der Waals surface area contributed by atoms with Crippen molar-refractivity contribution in [2.45, 2.75) is 25.4 Å². The van der Waals surface area contributed by atoms with Gasteiger partial charge in [-0.2, -0.15) is 0 Å². The lowest BCUT2D eigenvalue weighted by molar-refractivity contribution is 0.107. The molecule has 2 fully saturated rings. The Morgan fingerprint density at radius 1 is 1.22 bits per heavy atom. The van der Waals surface area contributed by atoms with Crippen LogP contribution in [0, 0.1) is 11.7 Å². The normalized spacial score (nSPS) is 21.4. The van der Waals surface area contributed by atoms with Crippen molar-refractivity contribution in [2.75, 3.05) is 53.0 Å². The van der Waals surface area contributed by atoms with Crippen LogP contribution in [0.15, 0.2) is 24.3 Å². The van der Waals surface area contributed by atoms with Gasteiger partial charge < -0.3 is 24.6 Å². The maximum atomic E-state index is 13.7. The number of likely N-dealkylation sites (tertiary alicyclic amines) is 2. The van der Waals surface area contributed by atoms with Gasteiger partial charge in [0.1, 0.15) is 6.10 Å². The Hall–Kier alpha value is -1.86. The van der Waals surface area contributed by atoms with E-state index in [0.29, 0.717) is 31.3 Å². The molecule has 1 aromatic rings. The summed E-state index contributed by atoms with van der Waals surface area (Å²) >= 11 is 0. The van der Waals surface area contributed by atoms with Gasteiger partial charge >= 0.3 is 6.03 Å². The van der Waals surface area contributed by atoms with E-state index in [1.165, 1.54) is 6.07 Å². The van der Waals surface area contributed by atoms with Crippen LogP contribution in [-0.4, -0.2) is 74.9 Å². The summed E-state index contributed by atoms with van der Waals surface area (Å²) in [4.78, 5) is 16.6. The van der Waals surface area contributed by atoms with Crippen LogP contribution in [0.3, 0.4) is 0 Å². The van der Waals surface area contributed by atoms with Crippen LogP contribution < -0.4 is 10.1 Å². The molecule has 0 saturated carbocycles. The van der Waals surface area contributed by atoms with Crippen LogP contribution in [0.1, 0.15) is 19.3 Å². The molecule has 0 aromatic heterocycles. The fourth-order valence-corrected chi connectivity index (χ4v) is 3.74. The standard InChI is InChI=1S/C20H30FN3O3/c1-26-13-12-23-9-6-16(15-23)14-22-20(25)24-10-7-17(8-11-24)27-19-5-3-2-4-18(19)21/h2-5,16-17H,6-15H2,1H3,(H,22,25)/t16-/m1/s1. The van der Waals surface area contributed by atoms with Gasteiger partial charge in [-0.3, -0.25) is 0 Å². The van der Waals surface area contributed by atoms with Gasteiger partial charge in [-0.05, 0) is 31.0 Å². The highest BCUT2D eigenvalue weighted by molar-refractivity contribution is 5.74. The molecule has 0 radical (unpaired) electrons. The molecular formula is C20H30FN3O3. The van der Waals surface area contributed by atoms with Crippen molar-refractivity contribution in [3.63, 3.8) is 0 Å². The number of benzene rings is 1. The van der Waals surface area contributed by atoms with Crippen LogP contribution in [0.5, 0.6) is 5.75 Å². The van der Waals surface area contributed by atoms with Crippen molar-refractivity contribution < 1.29 is 18.7 Å². The summed E-state index contributed by atoms with van der Waals surface area (Å²) < 4.78 is 24.6. The summed E-state index contributed by atoms with van der Waals surface area (Å²) in [5.41, 5.74) is 0. The predicted octanol–water partition coefficient (Wildman–Crippen LogP) is 2.35. The lowest BCUT2D eigenvalue weighted by Crippen LogP contribution is -2.47. The van der Waals surface area contributed by atoms with E-state index < -0.39 is 0 Å². The Bertz CT molecular complexity index is 608. The summed E-state index contributed by atoms with van der Waals surface area (Å²) in [7, 11) is 1.72. The number of urea groups is 1. The molecule has 1 aromatic carbocycles. The zero-order valence-electron chi connectivity index (χ0n) is 16.0. The highest BCUT2D eigenvalue weighted by Gasteiger charge is 2.26. The average molecular weight is 379 g/mol. The molecule has 0 spiro atoms. The molecule has 2 aliphatic rings. The third kappa shape index (κ3) is 5.81. The molecule has 0 bridgehead atoms. The van der Waals surface area contributed by atoms with E-state index in [9.17, 15) is 9.18 Å². The maximum absolute atomic E-state index is 13.7. The summed E-state index contributed by atoms with van der Waals surface area (Å²) in [6, 6.07) is 6.45. The molecule has 2 aliphatic heterocycles. The van der Waals surface area contributed by atoms with Gasteiger partial charge in [0.2, 0.25) is 0 Å². The third-order valence-corrected chi connectivity index (χ3v) is 5.38. The largest absolute Gasteiger partial charge is 0.487 e. The van der Waals surface area contributed by atoms with E-state index in [4.69, 9.17) is 9.47 Å². The fourth-order valence-electron chi connectivity index (χ4n) is 3.74. The molecule has 2 heterocycles. The highest BCUT2D eigenvalue weighted by atomic mass is 19.1. The van der Waals surface area contributed by atoms with Gasteiger partial charge in [-0.25, -0.2) is 9.18 Å². The first-order valence-corrected chi connectivity index (χ1v) is 9.81. The molecule has 6 nitrogen and oxygen atoms in total. The van der Waals surface area contributed by atoms with Gasteiger partial charge in [-0.1, -0.05) is 12.1 Å². The van der Waals surface area contributed by atoms with Crippen molar-refractivity contribution in [1.29, 1.82) is 0 Å². The van der Waals surface area contributed by atoms with Crippen LogP contribution in [-0.2, 0) is 4.74 Å². The number of amides is 2. The SMILES string of the molecule is COCCN1CC[C@H](CNC(=O)N2CCC(Oc3ccccc3F)CC2)C1. The Balaban J connectivity index is 1.35. The first-order valence-electron chi connectivity index (χ1n) is 9.81. The second-order valence-corrected chi connectivity index (χ2v) is 7.37. The zero-order chi connectivity index (χ0) is 19.1. The highest BCUT2D eigenvalue weighted by Crippen LogP contribution is 2.22. The summed E-state index contributed by atoms with van der Waals surface area (Å²) in [6.07, 6.45) is 2.50. The number of nitrogens with one attached hydrogen (secondary N) is 1. The van der Waals surface area contributed by atoms with Crippen molar-refractivity contribution in [3.05, 3.63) is 30.1 Å². The first-order chi connectivity index (χ1) is 13.2. The molecule has 0 unspecified atom stereocenters. The minimum Gasteiger partial charge on any atom is -0.487 e. The van der Waals surface area contributed by atoms with Gasteiger partial charge in [-0.15, -0.1) is 0 Å². The van der Waals surface area contributed by atoms with Gasteiger partial charge in [0.25, 0.3) is 0 Å². The number of hydrogen-bond donors (Lipinski definition) is 1. The topological polar surface area (TPSA) is 54.0 Å². The van der Waals surface area contributed by atoms with Crippen LogP contribution in [0.2, 0.25) is 0 Å². The molecule has 1 N–H and O–H groups in total. The van der Waals surface area contributed by atoms with Crippen molar-refractivity contribution in [2.24, 2.45) is 5.92 Å². The third-order valence-electron chi connectivity index (χ3n) is 5.38. The molecule has 2 amide bonds. The number of halogens is 1. The lowest BCUT2D eigenvalue weighted by Gasteiger charge is -2.32. The molecule has 150 valence electrons. The van der Waals surface area contributed by atoms with Gasteiger partial charge in [0, 0.05) is 52.7 Å². The second-order valence-electron chi connectivity index (χ2n) is 7.37. The Morgan fingerprint density at radius 2 is 2.00 bits per heavy atom. The number of rotatable bonds is 7. The van der Waals surface area contributed by atoms with E-state index in [0.717, 1.165) is 45.5 Å². The summed E-state index contributed by atoms with van der Waals surface area (Å²) in [5.74, 6) is 0.459. The van der Waals surface area contributed by atoms with E-state index in [2.05, 4.69) is 10.2 Å². The Morgan fingerprint density at radius 3 is 2.74 bits per heavy atom. The average Bonchev–Trinajstić information content (AvgIpc) is 3.15. The fraction of sp³-hybridized carbons (Fsp3) is 0.650. The molecule has 0 aliphatic carbocycles. The lowest BCUT2D eigenvalue weighted by atomic mass is 10.1. The quantitative estimate of drug-likeness (QED) is 0.790. The molecule has 1 atom stereocenters. The van der Waals surface area contributed by atoms with E-state index in [-0.39, 0.29) is 18.0 Å². The number of carbonyl (C=O) groups is 1. The molecule has 3 rings (SSSR count). The van der Waals surface area contributed by atoms with Gasteiger partial charge in [0.15, 0.2) is 11.6 Å². The van der Waals surface area contributed by atoms with Gasteiger partial charge in [0.05, 0.1) is 6.61 Å².